The zero-order valence-corrected chi connectivity index (χ0v) is 31.5. The number of benzene rings is 5. The molecule has 7 aromatic rings. The van der Waals surface area contributed by atoms with Crippen LogP contribution in [0.3, 0.4) is 0 Å². The molecule has 4 unspecified atom stereocenters. The smallest absolute Gasteiger partial charge is 0.164 e. The van der Waals surface area contributed by atoms with E-state index in [4.69, 9.17) is 15.0 Å². The minimum atomic E-state index is 0.426. The summed E-state index contributed by atoms with van der Waals surface area (Å²) in [6.07, 6.45) is 12.8. The maximum absolute atomic E-state index is 5.05. The molecule has 0 radical (unpaired) electrons. The van der Waals surface area contributed by atoms with Gasteiger partial charge < -0.3 is 0 Å². The summed E-state index contributed by atoms with van der Waals surface area (Å²) in [6.45, 7) is 0. The monoisotopic (exact) mass is 724 g/mol. The van der Waals surface area contributed by atoms with Gasteiger partial charge in [-0.25, -0.2) is 15.0 Å². The van der Waals surface area contributed by atoms with Gasteiger partial charge in [-0.05, 0) is 143 Å². The second-order valence-corrected chi connectivity index (χ2v) is 17.6. The molecule has 7 fully saturated rings. The van der Waals surface area contributed by atoms with Gasteiger partial charge in [-0.1, -0.05) is 115 Å². The van der Waals surface area contributed by atoms with Crippen molar-refractivity contribution in [3.63, 3.8) is 0 Å². The van der Waals surface area contributed by atoms with E-state index >= 15 is 0 Å². The molecule has 7 aliphatic rings. The third kappa shape index (κ3) is 5.04. The molecule has 0 N–H and O–H groups in total. The van der Waals surface area contributed by atoms with E-state index in [0.29, 0.717) is 22.9 Å². The van der Waals surface area contributed by atoms with Crippen LogP contribution in [-0.4, -0.2) is 19.9 Å². The highest BCUT2D eigenvalue weighted by Crippen LogP contribution is 2.76. The Bertz CT molecular complexity index is 2500. The van der Waals surface area contributed by atoms with Crippen LogP contribution in [-0.2, 0) is 5.41 Å². The molecule has 4 atom stereocenters. The van der Waals surface area contributed by atoms with Crippen molar-refractivity contribution >= 4 is 0 Å². The van der Waals surface area contributed by atoms with Gasteiger partial charge in [0.1, 0.15) is 0 Å². The minimum absolute atomic E-state index is 0.426. The Balaban J connectivity index is 0.943. The van der Waals surface area contributed by atoms with Gasteiger partial charge >= 0.3 is 0 Å². The minimum Gasteiger partial charge on any atom is -0.265 e. The summed E-state index contributed by atoms with van der Waals surface area (Å²) in [5.74, 6) is 8.80. The van der Waals surface area contributed by atoms with E-state index in [1.807, 2.05) is 48.8 Å². The van der Waals surface area contributed by atoms with Crippen molar-refractivity contribution < 1.29 is 0 Å². The van der Waals surface area contributed by atoms with Crippen LogP contribution in [0.25, 0.3) is 67.5 Å². The van der Waals surface area contributed by atoms with Crippen LogP contribution in [0.2, 0.25) is 0 Å². The molecule has 14 rings (SSSR count). The van der Waals surface area contributed by atoms with E-state index in [1.54, 1.807) is 12.0 Å². The van der Waals surface area contributed by atoms with Crippen LogP contribution in [0.1, 0.15) is 44.1 Å². The van der Waals surface area contributed by atoms with Crippen LogP contribution in [0.5, 0.6) is 0 Å². The number of hydrogen-bond acceptors (Lipinski definition) is 4. The first-order chi connectivity index (χ1) is 27.7. The molecule has 2 aromatic heterocycles. The van der Waals surface area contributed by atoms with Crippen molar-refractivity contribution in [3.8, 4) is 67.5 Å². The highest BCUT2D eigenvalue weighted by atomic mass is 15.0. The fourth-order valence-electron chi connectivity index (χ4n) is 13.0. The van der Waals surface area contributed by atoms with Gasteiger partial charge in [0.25, 0.3) is 0 Å². The number of aromatic nitrogens is 4. The molecule has 56 heavy (non-hydrogen) atoms. The van der Waals surface area contributed by atoms with Crippen LogP contribution in [0.15, 0.2) is 152 Å². The molecule has 7 saturated carbocycles. The highest BCUT2D eigenvalue weighted by molar-refractivity contribution is 5.88. The molecule has 0 spiro atoms. The summed E-state index contributed by atoms with van der Waals surface area (Å²) >= 11 is 0. The maximum Gasteiger partial charge on any atom is 0.164 e. The normalized spacial score (nSPS) is 27.8. The largest absolute Gasteiger partial charge is 0.265 e. The molecule has 4 nitrogen and oxygen atoms in total. The number of pyridine rings is 1. The van der Waals surface area contributed by atoms with Gasteiger partial charge in [-0.2, -0.15) is 0 Å². The molecular formula is C52H44N4. The average molecular weight is 725 g/mol. The Morgan fingerprint density at radius 1 is 0.393 bits per heavy atom. The number of nitrogens with zero attached hydrogens (tertiary/aromatic N) is 4. The van der Waals surface area contributed by atoms with E-state index in [1.165, 1.54) is 54.4 Å². The molecule has 7 aliphatic carbocycles. The average Bonchev–Trinajstić information content (AvgIpc) is 3.28. The highest BCUT2D eigenvalue weighted by Gasteiger charge is 2.70. The lowest BCUT2D eigenvalue weighted by molar-refractivity contribution is -0.220. The lowest BCUT2D eigenvalue weighted by Crippen LogP contribution is -2.69. The Hall–Kier alpha value is -5.74. The van der Waals surface area contributed by atoms with Crippen LogP contribution in [0.4, 0.5) is 0 Å². The Labute approximate surface area is 329 Å². The predicted octanol–water partition coefficient (Wildman–Crippen LogP) is 12.2. The first kappa shape index (κ1) is 32.5. The fourth-order valence-corrected chi connectivity index (χ4v) is 13.0. The molecule has 5 aromatic carbocycles. The molecule has 4 heteroatoms. The van der Waals surface area contributed by atoms with Crippen molar-refractivity contribution in [2.24, 2.45) is 41.4 Å². The summed E-state index contributed by atoms with van der Waals surface area (Å²) < 4.78 is 0. The molecule has 272 valence electrons. The summed E-state index contributed by atoms with van der Waals surface area (Å²) in [7, 11) is 0. The summed E-state index contributed by atoms with van der Waals surface area (Å²) in [4.78, 5) is 19.4. The third-order valence-corrected chi connectivity index (χ3v) is 15.0. The molecular weight excluding hydrogens is 681 g/mol. The van der Waals surface area contributed by atoms with Gasteiger partial charge in [0, 0.05) is 34.5 Å². The lowest BCUT2D eigenvalue weighted by atomic mass is 9.30. The standard InChI is InChI=1S/C52H44N4/c1-3-8-36(9-4-1)49-54-50(37-10-5-2-6-11-37)56-51(55-49)40-13-7-12-39(29-40)43-30-38(16-19-42(43)35-20-22-53-23-21-35)34-14-17-41(18-15-34)52-31-33-25-45-44-24-32(27-47(45)52)28-48(52)46(44)26-33/h1-23,29-30,32-33,44-48H,24-28,31H2. The van der Waals surface area contributed by atoms with Crippen molar-refractivity contribution in [2.45, 2.75) is 43.9 Å². The first-order valence-corrected chi connectivity index (χ1v) is 20.8. The Kier molecular flexibility index (Phi) is 7.34. The second-order valence-electron chi connectivity index (χ2n) is 17.6. The fraction of sp³-hybridized carbons (Fsp3) is 0.269. The Morgan fingerprint density at radius 3 is 1.62 bits per heavy atom. The van der Waals surface area contributed by atoms with Gasteiger partial charge in [-0.15, -0.1) is 0 Å². The molecule has 0 saturated heterocycles. The van der Waals surface area contributed by atoms with Crippen molar-refractivity contribution in [3.05, 3.63) is 157 Å². The van der Waals surface area contributed by atoms with Crippen LogP contribution >= 0.6 is 0 Å². The number of rotatable bonds is 7. The van der Waals surface area contributed by atoms with Crippen molar-refractivity contribution in [2.75, 3.05) is 0 Å². The van der Waals surface area contributed by atoms with Crippen LogP contribution in [0, 0.1) is 41.4 Å². The predicted molar refractivity (Wildman–Crippen MR) is 224 cm³/mol. The maximum atomic E-state index is 5.05. The summed E-state index contributed by atoms with van der Waals surface area (Å²) in [5.41, 5.74) is 12.1. The second kappa shape index (κ2) is 12.6. The summed E-state index contributed by atoms with van der Waals surface area (Å²) in [6, 6.07) is 50.2. The van der Waals surface area contributed by atoms with E-state index in [9.17, 15) is 0 Å². The van der Waals surface area contributed by atoms with Crippen LogP contribution < -0.4 is 0 Å². The van der Waals surface area contributed by atoms with E-state index in [0.717, 1.165) is 69.2 Å². The first-order valence-electron chi connectivity index (χ1n) is 20.8. The number of hydrogen-bond donors (Lipinski definition) is 0. The SMILES string of the molecule is c1ccc(-c2nc(-c3ccccc3)nc(-c3cccc(-c4cc(-c5ccc(C67CC8CC9C%10CC(CC96)CC7C%10C8)cc5)ccc4-c4ccncc4)c3)n2)cc1. The lowest BCUT2D eigenvalue weighted by Gasteiger charge is -2.74. The molecule has 2 heterocycles. The molecule has 0 aliphatic heterocycles. The van der Waals surface area contributed by atoms with E-state index < -0.39 is 0 Å². The topological polar surface area (TPSA) is 51.6 Å². The van der Waals surface area contributed by atoms with E-state index in [-0.39, 0.29) is 0 Å². The zero-order valence-electron chi connectivity index (χ0n) is 31.5. The molecule has 0 amide bonds. The molecule has 8 bridgehead atoms. The van der Waals surface area contributed by atoms with Crippen molar-refractivity contribution in [1.82, 2.24) is 19.9 Å². The third-order valence-electron chi connectivity index (χ3n) is 15.0. The van der Waals surface area contributed by atoms with Gasteiger partial charge in [-0.3, -0.25) is 4.98 Å². The van der Waals surface area contributed by atoms with Gasteiger partial charge in [0.15, 0.2) is 17.5 Å². The zero-order chi connectivity index (χ0) is 36.8. The quantitative estimate of drug-likeness (QED) is 0.164. The summed E-state index contributed by atoms with van der Waals surface area (Å²) in [5, 5.41) is 0. The van der Waals surface area contributed by atoms with Gasteiger partial charge in [0.2, 0.25) is 0 Å². The Morgan fingerprint density at radius 2 is 0.964 bits per heavy atom. The van der Waals surface area contributed by atoms with E-state index in [2.05, 4.69) is 108 Å². The van der Waals surface area contributed by atoms with Gasteiger partial charge in [0.05, 0.1) is 0 Å². The van der Waals surface area contributed by atoms with Crippen molar-refractivity contribution in [1.29, 1.82) is 0 Å².